The lowest BCUT2D eigenvalue weighted by molar-refractivity contribution is 0.414. The molecule has 0 radical (unpaired) electrons. The highest BCUT2D eigenvalue weighted by molar-refractivity contribution is 6.33. The van der Waals surface area contributed by atoms with Crippen LogP contribution in [0, 0.1) is 0 Å². The van der Waals surface area contributed by atoms with E-state index in [1.54, 1.807) is 26.4 Å². The van der Waals surface area contributed by atoms with Gasteiger partial charge in [-0.1, -0.05) is 35.9 Å². The van der Waals surface area contributed by atoms with Gasteiger partial charge < -0.3 is 9.30 Å². The highest BCUT2D eigenvalue weighted by Crippen LogP contribution is 2.35. The second-order valence-electron chi connectivity index (χ2n) is 6.50. The molecule has 0 aliphatic heterocycles. The first-order valence-electron chi connectivity index (χ1n) is 8.64. The monoisotopic (exact) mass is 395 g/mol. The third-order valence-electron chi connectivity index (χ3n) is 4.90. The molecular formula is C21H18ClN3O3. The zero-order valence-electron chi connectivity index (χ0n) is 15.6. The molecule has 0 unspecified atom stereocenters. The molecule has 0 aliphatic carbocycles. The maximum absolute atomic E-state index is 13.0. The summed E-state index contributed by atoms with van der Waals surface area (Å²) in [6.07, 6.45) is 1.78. The van der Waals surface area contributed by atoms with Gasteiger partial charge in [0.1, 0.15) is 5.75 Å². The minimum atomic E-state index is -0.383. The largest absolute Gasteiger partial charge is 0.497 e. The number of rotatable bonds is 3. The number of aryl methyl sites for hydroxylation is 1. The topological polar surface area (TPSA) is 58.2 Å². The van der Waals surface area contributed by atoms with Crippen LogP contribution in [0.25, 0.3) is 27.8 Å². The Balaban J connectivity index is 2.22. The first-order valence-corrected chi connectivity index (χ1v) is 9.02. The predicted molar refractivity (Wildman–Crippen MR) is 111 cm³/mol. The minimum Gasteiger partial charge on any atom is -0.497 e. The zero-order chi connectivity index (χ0) is 20.0. The number of halogens is 1. The summed E-state index contributed by atoms with van der Waals surface area (Å²) in [6, 6.07) is 14.8. The Morgan fingerprint density at radius 2 is 1.71 bits per heavy atom. The fourth-order valence-electron chi connectivity index (χ4n) is 3.42. The first-order chi connectivity index (χ1) is 13.4. The summed E-state index contributed by atoms with van der Waals surface area (Å²) in [7, 11) is 4.72. The van der Waals surface area contributed by atoms with E-state index in [4.69, 9.17) is 16.3 Å². The summed E-state index contributed by atoms with van der Waals surface area (Å²) in [6.45, 7) is 0. The number of methoxy groups -OCH3 is 1. The van der Waals surface area contributed by atoms with Gasteiger partial charge in [0.25, 0.3) is 5.56 Å². The average Bonchev–Trinajstić information content (AvgIpc) is 3.11. The van der Waals surface area contributed by atoms with Crippen molar-refractivity contribution in [1.82, 2.24) is 13.7 Å². The van der Waals surface area contributed by atoms with Crippen molar-refractivity contribution in [2.75, 3.05) is 7.11 Å². The molecule has 0 bridgehead atoms. The van der Waals surface area contributed by atoms with Crippen LogP contribution in [0.15, 0.2) is 64.3 Å². The minimum absolute atomic E-state index is 0.366. The second-order valence-corrected chi connectivity index (χ2v) is 6.90. The Morgan fingerprint density at radius 3 is 2.43 bits per heavy atom. The van der Waals surface area contributed by atoms with Crippen molar-refractivity contribution in [3.8, 4) is 22.7 Å². The van der Waals surface area contributed by atoms with E-state index in [1.807, 2.05) is 47.0 Å². The average molecular weight is 396 g/mol. The van der Waals surface area contributed by atoms with Gasteiger partial charge in [0.15, 0.2) is 0 Å². The fourth-order valence-corrected chi connectivity index (χ4v) is 3.65. The molecule has 0 aliphatic rings. The molecule has 2 aromatic heterocycles. The van der Waals surface area contributed by atoms with Gasteiger partial charge in [-0.3, -0.25) is 13.9 Å². The number of aromatic nitrogens is 3. The van der Waals surface area contributed by atoms with Crippen molar-refractivity contribution in [2.45, 2.75) is 0 Å². The van der Waals surface area contributed by atoms with E-state index >= 15 is 0 Å². The number of nitrogens with zero attached hydrogens (tertiary/aromatic N) is 3. The third kappa shape index (κ3) is 2.65. The molecule has 2 heterocycles. The van der Waals surface area contributed by atoms with Gasteiger partial charge in [-0.05, 0) is 18.2 Å². The zero-order valence-corrected chi connectivity index (χ0v) is 16.4. The van der Waals surface area contributed by atoms with Crippen LogP contribution in [0.3, 0.4) is 0 Å². The van der Waals surface area contributed by atoms with Crippen LogP contribution in [0.5, 0.6) is 5.75 Å². The van der Waals surface area contributed by atoms with Crippen molar-refractivity contribution >= 4 is 22.5 Å². The summed E-state index contributed by atoms with van der Waals surface area (Å²) >= 11 is 6.48. The summed E-state index contributed by atoms with van der Waals surface area (Å²) in [5.74, 6) is 0.683. The second kappa shape index (κ2) is 6.73. The molecule has 0 fully saturated rings. The SMILES string of the molecule is COc1cccc(-n2cc3c(c2-c2ccccc2Cl)c(=O)n(C)c(=O)n3C)c1. The van der Waals surface area contributed by atoms with Crippen molar-refractivity contribution < 1.29 is 4.74 Å². The lowest BCUT2D eigenvalue weighted by Crippen LogP contribution is -2.36. The number of hydrogen-bond donors (Lipinski definition) is 0. The molecule has 6 nitrogen and oxygen atoms in total. The number of hydrogen-bond acceptors (Lipinski definition) is 3. The number of benzene rings is 2. The van der Waals surface area contributed by atoms with Gasteiger partial charge in [0.05, 0.1) is 23.7 Å². The number of ether oxygens (including phenoxy) is 1. The molecule has 0 saturated heterocycles. The molecule has 4 aromatic rings. The number of fused-ring (bicyclic) bond motifs is 1. The molecule has 0 saturated carbocycles. The van der Waals surface area contributed by atoms with Crippen LogP contribution in [-0.4, -0.2) is 20.8 Å². The Bertz CT molecular complexity index is 1330. The Hall–Kier alpha value is -3.25. The van der Waals surface area contributed by atoms with E-state index in [0.717, 1.165) is 10.3 Å². The summed E-state index contributed by atoms with van der Waals surface area (Å²) < 4.78 is 9.79. The standard InChI is InChI=1S/C21H18ClN3O3/c1-23-17-12-25(13-7-6-8-14(11-13)28-3)19(15-9-4-5-10-16(15)22)18(17)20(26)24(2)21(23)27/h4-12H,1-3H3. The summed E-state index contributed by atoms with van der Waals surface area (Å²) in [5, 5.41) is 0.947. The normalized spacial score (nSPS) is 11.1. The lowest BCUT2D eigenvalue weighted by atomic mass is 10.1. The molecule has 2 aromatic carbocycles. The molecule has 7 heteroatoms. The highest BCUT2D eigenvalue weighted by Gasteiger charge is 2.21. The van der Waals surface area contributed by atoms with Crippen LogP contribution in [0.1, 0.15) is 0 Å². The molecule has 0 N–H and O–H groups in total. The van der Waals surface area contributed by atoms with Crippen molar-refractivity contribution in [2.24, 2.45) is 14.1 Å². The van der Waals surface area contributed by atoms with E-state index < -0.39 is 0 Å². The van der Waals surface area contributed by atoms with Gasteiger partial charge in [0, 0.05) is 42.6 Å². The van der Waals surface area contributed by atoms with E-state index in [2.05, 4.69) is 0 Å². The van der Waals surface area contributed by atoms with Gasteiger partial charge in [-0.15, -0.1) is 0 Å². The van der Waals surface area contributed by atoms with E-state index in [-0.39, 0.29) is 11.2 Å². The van der Waals surface area contributed by atoms with Crippen LogP contribution < -0.4 is 16.0 Å². The smallest absolute Gasteiger partial charge is 0.330 e. The highest BCUT2D eigenvalue weighted by atomic mass is 35.5. The third-order valence-corrected chi connectivity index (χ3v) is 5.23. The van der Waals surface area contributed by atoms with Gasteiger partial charge >= 0.3 is 5.69 Å². The molecule has 142 valence electrons. The van der Waals surface area contributed by atoms with Crippen LogP contribution in [-0.2, 0) is 14.1 Å². The van der Waals surface area contributed by atoms with E-state index in [0.29, 0.717) is 32.9 Å². The Labute approximate surface area is 165 Å². The molecule has 4 rings (SSSR count). The summed E-state index contributed by atoms with van der Waals surface area (Å²) in [5.41, 5.74) is 1.91. The van der Waals surface area contributed by atoms with Gasteiger partial charge in [0.2, 0.25) is 0 Å². The van der Waals surface area contributed by atoms with Crippen molar-refractivity contribution in [3.63, 3.8) is 0 Å². The first kappa shape index (κ1) is 18.1. The quantitative estimate of drug-likeness (QED) is 0.534. The van der Waals surface area contributed by atoms with Gasteiger partial charge in [-0.25, -0.2) is 4.79 Å². The fraction of sp³-hybridized carbons (Fsp3) is 0.143. The molecule has 28 heavy (non-hydrogen) atoms. The van der Waals surface area contributed by atoms with E-state index in [9.17, 15) is 9.59 Å². The Morgan fingerprint density at radius 1 is 0.964 bits per heavy atom. The predicted octanol–water partition coefficient (Wildman–Crippen LogP) is 3.36. The Kier molecular flexibility index (Phi) is 4.35. The molecular weight excluding hydrogens is 378 g/mol. The maximum Gasteiger partial charge on any atom is 0.330 e. The maximum atomic E-state index is 13.0. The molecule has 0 atom stereocenters. The van der Waals surface area contributed by atoms with E-state index in [1.165, 1.54) is 11.6 Å². The van der Waals surface area contributed by atoms with Crippen LogP contribution >= 0.6 is 11.6 Å². The van der Waals surface area contributed by atoms with Gasteiger partial charge in [-0.2, -0.15) is 0 Å². The van der Waals surface area contributed by atoms with Crippen molar-refractivity contribution in [3.05, 3.63) is 80.6 Å². The van der Waals surface area contributed by atoms with Crippen LogP contribution in [0.2, 0.25) is 5.02 Å². The summed E-state index contributed by atoms with van der Waals surface area (Å²) in [4.78, 5) is 25.5. The van der Waals surface area contributed by atoms with Crippen LogP contribution in [0.4, 0.5) is 0 Å². The molecule has 0 amide bonds. The molecule has 0 spiro atoms. The lowest BCUT2D eigenvalue weighted by Gasteiger charge is -2.12. The van der Waals surface area contributed by atoms with Crippen molar-refractivity contribution in [1.29, 1.82) is 0 Å².